The molecule has 0 N–H and O–H groups in total. The lowest BCUT2D eigenvalue weighted by Crippen LogP contribution is -2.47. The lowest BCUT2D eigenvalue weighted by Gasteiger charge is -2.31. The van der Waals surface area contributed by atoms with Crippen molar-refractivity contribution < 1.29 is 14.0 Å². The van der Waals surface area contributed by atoms with Crippen LogP contribution in [0.3, 0.4) is 0 Å². The van der Waals surface area contributed by atoms with Crippen molar-refractivity contribution in [1.29, 1.82) is 5.26 Å². The fraction of sp³-hybridized carbons (Fsp3) is 0.343. The smallest absolute Gasteiger partial charge is 0.312 e. The zero-order valence-corrected chi connectivity index (χ0v) is 27.6. The summed E-state index contributed by atoms with van der Waals surface area (Å²) in [6.07, 6.45) is 9.69. The number of likely N-dealkylation sites (tertiary alicyclic amines) is 2. The van der Waals surface area contributed by atoms with Gasteiger partial charge in [0.1, 0.15) is 39.7 Å². The Hall–Kier alpha value is -5.22. The molecule has 0 atom stereocenters. The SMILES string of the molecule is CCc1nc2ccc(-c3cnc(C4CCN(C(=O)C(=O)N5CCCC5)CC4)nc3)cn2c1N(C)c1nc(-c2ccc(F)cc2)c(C#N)s1. The van der Waals surface area contributed by atoms with Crippen molar-refractivity contribution in [2.24, 2.45) is 0 Å². The van der Waals surface area contributed by atoms with E-state index in [9.17, 15) is 19.2 Å². The van der Waals surface area contributed by atoms with E-state index in [1.165, 1.54) is 23.5 Å². The Balaban J connectivity index is 1.10. The molecule has 48 heavy (non-hydrogen) atoms. The molecule has 0 unspecified atom stereocenters. The predicted molar refractivity (Wildman–Crippen MR) is 180 cm³/mol. The minimum atomic E-state index is -0.397. The Bertz CT molecular complexity index is 2020. The number of thiazole rings is 1. The lowest BCUT2D eigenvalue weighted by atomic mass is 9.95. The van der Waals surface area contributed by atoms with Gasteiger partial charge in [-0.2, -0.15) is 5.26 Å². The molecule has 7 rings (SSSR count). The van der Waals surface area contributed by atoms with Gasteiger partial charge in [0, 0.05) is 74.4 Å². The monoisotopic (exact) mass is 663 g/mol. The van der Waals surface area contributed by atoms with Crippen LogP contribution in [0, 0.1) is 17.1 Å². The molecule has 0 spiro atoms. The number of anilines is 2. The largest absolute Gasteiger partial charge is 0.334 e. The van der Waals surface area contributed by atoms with Crippen LogP contribution >= 0.6 is 11.3 Å². The van der Waals surface area contributed by atoms with E-state index in [4.69, 9.17) is 19.9 Å². The second kappa shape index (κ2) is 13.1. The number of benzene rings is 1. The molecule has 2 saturated heterocycles. The third-order valence-electron chi connectivity index (χ3n) is 9.17. The maximum atomic E-state index is 13.6. The van der Waals surface area contributed by atoms with Crippen LogP contribution in [-0.2, 0) is 16.0 Å². The number of rotatable bonds is 6. The number of imidazole rings is 1. The van der Waals surface area contributed by atoms with E-state index < -0.39 is 5.91 Å². The number of amides is 2. The maximum Gasteiger partial charge on any atom is 0.312 e. The minimum Gasteiger partial charge on any atom is -0.334 e. The van der Waals surface area contributed by atoms with Crippen LogP contribution in [0.25, 0.3) is 28.0 Å². The molecule has 11 nitrogen and oxygen atoms in total. The molecular formula is C35H34FN9O2S. The second-order valence-corrected chi connectivity index (χ2v) is 13.1. The number of nitriles is 1. The Labute approximate surface area is 281 Å². The Morgan fingerprint density at radius 2 is 1.58 bits per heavy atom. The summed E-state index contributed by atoms with van der Waals surface area (Å²) in [5.74, 6) is 0.564. The summed E-state index contributed by atoms with van der Waals surface area (Å²) in [5.41, 5.74) is 4.61. The van der Waals surface area contributed by atoms with E-state index in [1.54, 1.807) is 21.9 Å². The van der Waals surface area contributed by atoms with Crippen LogP contribution in [0.15, 0.2) is 55.0 Å². The van der Waals surface area contributed by atoms with Crippen molar-refractivity contribution in [2.75, 3.05) is 38.1 Å². The predicted octanol–water partition coefficient (Wildman–Crippen LogP) is 5.58. The number of hydrogen-bond donors (Lipinski definition) is 0. The lowest BCUT2D eigenvalue weighted by molar-refractivity contribution is -0.151. The van der Waals surface area contributed by atoms with Gasteiger partial charge in [0.05, 0.1) is 5.69 Å². The molecule has 13 heteroatoms. The molecule has 244 valence electrons. The van der Waals surface area contributed by atoms with Crippen molar-refractivity contribution in [2.45, 2.75) is 44.9 Å². The van der Waals surface area contributed by atoms with Crippen LogP contribution in [-0.4, -0.2) is 79.2 Å². The topological polar surface area (TPSA) is 124 Å². The molecule has 2 aliphatic heterocycles. The van der Waals surface area contributed by atoms with Gasteiger partial charge in [0.15, 0.2) is 5.13 Å². The van der Waals surface area contributed by atoms with Gasteiger partial charge in [-0.05, 0) is 68.5 Å². The summed E-state index contributed by atoms with van der Waals surface area (Å²) in [5, 5.41) is 10.5. The zero-order valence-electron chi connectivity index (χ0n) is 26.8. The molecule has 4 aromatic heterocycles. The van der Waals surface area contributed by atoms with Gasteiger partial charge in [-0.25, -0.2) is 24.3 Å². The van der Waals surface area contributed by atoms with Gasteiger partial charge < -0.3 is 14.7 Å². The van der Waals surface area contributed by atoms with Crippen LogP contribution in [0.1, 0.15) is 54.9 Å². The number of piperidine rings is 1. The van der Waals surface area contributed by atoms with Crippen LogP contribution in [0.2, 0.25) is 0 Å². The van der Waals surface area contributed by atoms with E-state index in [0.717, 1.165) is 47.0 Å². The van der Waals surface area contributed by atoms with Crippen LogP contribution < -0.4 is 4.90 Å². The number of nitrogens with zero attached hydrogens (tertiary/aromatic N) is 9. The molecule has 2 aliphatic rings. The fourth-order valence-electron chi connectivity index (χ4n) is 6.50. The summed E-state index contributed by atoms with van der Waals surface area (Å²) in [6, 6.07) is 12.2. The van der Waals surface area contributed by atoms with E-state index >= 15 is 0 Å². The summed E-state index contributed by atoms with van der Waals surface area (Å²) in [6.45, 7) is 4.41. The molecule has 1 aromatic carbocycles. The van der Waals surface area contributed by atoms with Crippen LogP contribution in [0.5, 0.6) is 0 Å². The maximum absolute atomic E-state index is 13.6. The fourth-order valence-corrected chi connectivity index (χ4v) is 7.34. The number of fused-ring (bicyclic) bond motifs is 1. The Morgan fingerprint density at radius 1 is 0.938 bits per heavy atom. The summed E-state index contributed by atoms with van der Waals surface area (Å²) in [7, 11) is 1.91. The molecule has 5 aromatic rings. The van der Waals surface area contributed by atoms with E-state index in [2.05, 4.69) is 6.07 Å². The average Bonchev–Trinajstić information content (AvgIpc) is 3.90. The second-order valence-electron chi connectivity index (χ2n) is 12.1. The molecule has 6 heterocycles. The zero-order chi connectivity index (χ0) is 33.4. The number of aromatic nitrogens is 5. The summed E-state index contributed by atoms with van der Waals surface area (Å²) >= 11 is 1.28. The molecule has 2 amide bonds. The van der Waals surface area contributed by atoms with Crippen LogP contribution in [0.4, 0.5) is 15.3 Å². The van der Waals surface area contributed by atoms with Gasteiger partial charge in [-0.1, -0.05) is 18.3 Å². The molecule has 0 radical (unpaired) electrons. The highest BCUT2D eigenvalue weighted by molar-refractivity contribution is 7.16. The third-order valence-corrected chi connectivity index (χ3v) is 10.2. The average molecular weight is 664 g/mol. The van der Waals surface area contributed by atoms with Crippen molar-refractivity contribution in [3.8, 4) is 28.5 Å². The Kier molecular flexibility index (Phi) is 8.58. The molecule has 0 saturated carbocycles. The van der Waals surface area contributed by atoms with Gasteiger partial charge >= 0.3 is 11.8 Å². The van der Waals surface area contributed by atoms with Crippen molar-refractivity contribution in [3.05, 3.63) is 77.2 Å². The number of halogens is 1. The third kappa shape index (κ3) is 5.88. The molecule has 0 bridgehead atoms. The normalized spacial score (nSPS) is 15.2. The number of pyridine rings is 1. The number of aryl methyl sites for hydroxylation is 1. The highest BCUT2D eigenvalue weighted by Crippen LogP contribution is 2.37. The van der Waals surface area contributed by atoms with Crippen molar-refractivity contribution in [3.63, 3.8) is 0 Å². The van der Waals surface area contributed by atoms with Gasteiger partial charge in [-0.3, -0.25) is 14.0 Å². The first-order chi connectivity index (χ1) is 23.3. The molecule has 2 fully saturated rings. The van der Waals surface area contributed by atoms with Gasteiger partial charge in [-0.15, -0.1) is 0 Å². The molecular weight excluding hydrogens is 630 g/mol. The highest BCUT2D eigenvalue weighted by Gasteiger charge is 2.32. The minimum absolute atomic E-state index is 0.116. The number of hydrogen-bond acceptors (Lipinski definition) is 9. The van der Waals surface area contributed by atoms with Gasteiger partial charge in [0.2, 0.25) is 0 Å². The van der Waals surface area contributed by atoms with E-state index in [-0.39, 0.29) is 17.6 Å². The first-order valence-electron chi connectivity index (χ1n) is 16.2. The summed E-state index contributed by atoms with van der Waals surface area (Å²) < 4.78 is 15.6. The molecule has 0 aliphatic carbocycles. The highest BCUT2D eigenvalue weighted by atomic mass is 32.1. The number of carbonyl (C=O) groups is 2. The van der Waals surface area contributed by atoms with Gasteiger partial charge in [0.25, 0.3) is 0 Å². The number of carbonyl (C=O) groups excluding carboxylic acids is 2. The first kappa shape index (κ1) is 31.4. The van der Waals surface area contributed by atoms with E-state index in [0.29, 0.717) is 66.7 Å². The summed E-state index contributed by atoms with van der Waals surface area (Å²) in [4.78, 5) is 50.1. The Morgan fingerprint density at radius 3 is 2.23 bits per heavy atom. The first-order valence-corrected chi connectivity index (χ1v) is 17.0. The quantitative estimate of drug-likeness (QED) is 0.216. The standard InChI is InChI=1S/C35H34FN9O2S/c1-3-27-32(42(2)35-41-30(28(18-37)48-35)22-6-9-26(36)10-7-22)45-21-24(8-11-29(45)40-27)25-19-38-31(39-20-25)23-12-16-44(17-13-23)34(47)33(46)43-14-4-5-15-43/h6-11,19-21,23H,3-5,12-17H2,1-2H3. The van der Waals surface area contributed by atoms with E-state index in [1.807, 2.05) is 54.0 Å². The van der Waals surface area contributed by atoms with Crippen molar-refractivity contribution in [1.82, 2.24) is 34.1 Å². The van der Waals surface area contributed by atoms with Crippen molar-refractivity contribution >= 4 is 39.7 Å².